The van der Waals surface area contributed by atoms with E-state index in [1.807, 2.05) is 32.0 Å². The zero-order valence-electron chi connectivity index (χ0n) is 12.3. The van der Waals surface area contributed by atoms with Crippen molar-refractivity contribution in [3.8, 4) is 0 Å². The molecule has 0 aliphatic heterocycles. The Hall–Kier alpha value is -1.88. The molecule has 0 bridgehead atoms. The molecule has 1 aromatic heterocycles. The Morgan fingerprint density at radius 3 is 2.55 bits per heavy atom. The zero-order chi connectivity index (χ0) is 14.5. The van der Waals surface area contributed by atoms with E-state index in [1.54, 1.807) is 0 Å². The molecule has 2 rings (SSSR count). The predicted octanol–water partition coefficient (Wildman–Crippen LogP) is 2.75. The van der Waals surface area contributed by atoms with Crippen molar-refractivity contribution in [3.05, 3.63) is 41.8 Å². The van der Waals surface area contributed by atoms with Crippen LogP contribution in [0.5, 0.6) is 0 Å². The third kappa shape index (κ3) is 3.36. The first-order valence-corrected chi connectivity index (χ1v) is 6.99. The van der Waals surface area contributed by atoms with E-state index in [0.717, 1.165) is 13.1 Å². The van der Waals surface area contributed by atoms with Crippen molar-refractivity contribution in [1.82, 2.24) is 10.1 Å². The Bertz CT molecular complexity index is 524. The summed E-state index contributed by atoms with van der Waals surface area (Å²) < 4.78 is 5.28. The van der Waals surface area contributed by atoms with Crippen LogP contribution in [0.25, 0.3) is 0 Å². The molecule has 0 spiro atoms. The first-order chi connectivity index (χ1) is 9.61. The maximum atomic E-state index is 6.03. The van der Waals surface area contributed by atoms with Crippen molar-refractivity contribution >= 4 is 5.95 Å². The van der Waals surface area contributed by atoms with Crippen LogP contribution >= 0.6 is 0 Å². The molecule has 0 saturated heterocycles. The molecule has 0 fully saturated rings. The summed E-state index contributed by atoms with van der Waals surface area (Å²) in [5.41, 5.74) is 7.25. The lowest BCUT2D eigenvalue weighted by molar-refractivity contribution is 0.324. The smallest absolute Gasteiger partial charge is 0.266 e. The predicted molar refractivity (Wildman–Crippen MR) is 79.2 cm³/mol. The quantitative estimate of drug-likeness (QED) is 0.877. The first-order valence-electron chi connectivity index (χ1n) is 6.99. The van der Waals surface area contributed by atoms with Gasteiger partial charge in [-0.1, -0.05) is 44.2 Å². The highest BCUT2D eigenvalue weighted by atomic mass is 16.5. The lowest BCUT2D eigenvalue weighted by Crippen LogP contribution is -2.23. The monoisotopic (exact) mass is 274 g/mol. The topological polar surface area (TPSA) is 68.2 Å². The van der Waals surface area contributed by atoms with Crippen molar-refractivity contribution in [2.45, 2.75) is 33.4 Å². The molecule has 1 aromatic carbocycles. The minimum absolute atomic E-state index is 0.216. The van der Waals surface area contributed by atoms with Crippen LogP contribution in [0, 0.1) is 5.92 Å². The van der Waals surface area contributed by atoms with Crippen molar-refractivity contribution in [3.63, 3.8) is 0 Å². The summed E-state index contributed by atoms with van der Waals surface area (Å²) in [5.74, 6) is 1.37. The van der Waals surface area contributed by atoms with Crippen LogP contribution in [-0.2, 0) is 6.54 Å². The van der Waals surface area contributed by atoms with Crippen molar-refractivity contribution in [2.24, 2.45) is 11.7 Å². The molecular weight excluding hydrogens is 252 g/mol. The van der Waals surface area contributed by atoms with E-state index >= 15 is 0 Å². The maximum absolute atomic E-state index is 6.03. The van der Waals surface area contributed by atoms with E-state index < -0.39 is 0 Å². The molecule has 0 unspecified atom stereocenters. The minimum Gasteiger partial charge on any atom is -0.336 e. The van der Waals surface area contributed by atoms with Gasteiger partial charge in [-0.3, -0.25) is 0 Å². The molecule has 0 aliphatic carbocycles. The number of benzene rings is 1. The fraction of sp³-hybridized carbons (Fsp3) is 0.467. The van der Waals surface area contributed by atoms with Gasteiger partial charge in [0, 0.05) is 13.1 Å². The number of anilines is 1. The number of rotatable bonds is 6. The van der Waals surface area contributed by atoms with Gasteiger partial charge >= 0.3 is 0 Å². The molecule has 0 saturated carbocycles. The maximum Gasteiger partial charge on any atom is 0.266 e. The van der Waals surface area contributed by atoms with E-state index in [2.05, 4.69) is 34.1 Å². The van der Waals surface area contributed by atoms with Crippen molar-refractivity contribution in [1.29, 1.82) is 0 Å². The molecule has 2 aromatic rings. The Morgan fingerprint density at radius 1 is 1.25 bits per heavy atom. The summed E-state index contributed by atoms with van der Waals surface area (Å²) in [6.07, 6.45) is 0. The Labute approximate surface area is 119 Å². The van der Waals surface area contributed by atoms with Gasteiger partial charge in [-0.2, -0.15) is 4.98 Å². The third-order valence-electron chi connectivity index (χ3n) is 3.32. The Kier molecular flexibility index (Phi) is 4.74. The lowest BCUT2D eigenvalue weighted by atomic mass is 10.1. The summed E-state index contributed by atoms with van der Waals surface area (Å²) in [5, 5.41) is 4.05. The van der Waals surface area contributed by atoms with Crippen LogP contribution in [0.4, 0.5) is 5.95 Å². The summed E-state index contributed by atoms with van der Waals surface area (Å²) in [6.45, 7) is 7.71. The van der Waals surface area contributed by atoms with Gasteiger partial charge in [-0.05, 0) is 23.6 Å². The molecule has 0 radical (unpaired) electrons. The van der Waals surface area contributed by atoms with Gasteiger partial charge in [0.15, 0.2) is 0 Å². The van der Waals surface area contributed by atoms with Crippen molar-refractivity contribution < 1.29 is 4.52 Å². The number of nitrogens with zero attached hydrogens (tertiary/aromatic N) is 3. The van der Waals surface area contributed by atoms with E-state index in [-0.39, 0.29) is 12.0 Å². The molecule has 20 heavy (non-hydrogen) atoms. The second-order valence-electron chi connectivity index (χ2n) is 5.20. The number of hydrogen-bond donors (Lipinski definition) is 1. The SMILES string of the molecule is CCN(Cc1ccccc1)c1noc([C@@H](N)C(C)C)n1. The van der Waals surface area contributed by atoms with Gasteiger partial charge in [0.25, 0.3) is 5.95 Å². The Morgan fingerprint density at radius 2 is 1.95 bits per heavy atom. The summed E-state index contributed by atoms with van der Waals surface area (Å²) in [6, 6.07) is 10.0. The summed E-state index contributed by atoms with van der Waals surface area (Å²) in [7, 11) is 0. The molecule has 5 heteroatoms. The second kappa shape index (κ2) is 6.52. The van der Waals surface area contributed by atoms with E-state index in [0.29, 0.717) is 11.8 Å². The highest BCUT2D eigenvalue weighted by Crippen LogP contribution is 2.20. The number of nitrogens with two attached hydrogens (primary N) is 1. The van der Waals surface area contributed by atoms with Crippen molar-refractivity contribution in [2.75, 3.05) is 11.4 Å². The Balaban J connectivity index is 2.12. The van der Waals surface area contributed by atoms with Crippen LogP contribution in [0.15, 0.2) is 34.9 Å². The lowest BCUT2D eigenvalue weighted by Gasteiger charge is -2.18. The van der Waals surface area contributed by atoms with Gasteiger partial charge in [0.2, 0.25) is 5.89 Å². The van der Waals surface area contributed by atoms with Gasteiger partial charge in [-0.25, -0.2) is 0 Å². The molecule has 0 aliphatic rings. The second-order valence-corrected chi connectivity index (χ2v) is 5.20. The molecule has 1 heterocycles. The van der Waals surface area contributed by atoms with E-state index in [1.165, 1.54) is 5.56 Å². The highest BCUT2D eigenvalue weighted by Gasteiger charge is 2.20. The zero-order valence-corrected chi connectivity index (χ0v) is 12.3. The summed E-state index contributed by atoms with van der Waals surface area (Å²) in [4.78, 5) is 6.49. The largest absolute Gasteiger partial charge is 0.336 e. The van der Waals surface area contributed by atoms with Crippen LogP contribution < -0.4 is 10.6 Å². The molecule has 2 N–H and O–H groups in total. The summed E-state index contributed by atoms with van der Waals surface area (Å²) >= 11 is 0. The average Bonchev–Trinajstić information content (AvgIpc) is 2.94. The van der Waals surface area contributed by atoms with E-state index in [4.69, 9.17) is 10.3 Å². The van der Waals surface area contributed by atoms with Gasteiger partial charge in [-0.15, -0.1) is 0 Å². The van der Waals surface area contributed by atoms with Gasteiger partial charge < -0.3 is 15.2 Å². The average molecular weight is 274 g/mol. The number of aromatic nitrogens is 2. The van der Waals surface area contributed by atoms with E-state index in [9.17, 15) is 0 Å². The van der Waals surface area contributed by atoms with Gasteiger partial charge in [0.1, 0.15) is 0 Å². The fourth-order valence-corrected chi connectivity index (χ4v) is 1.90. The molecule has 5 nitrogen and oxygen atoms in total. The van der Waals surface area contributed by atoms with Gasteiger partial charge in [0.05, 0.1) is 6.04 Å². The molecule has 0 amide bonds. The molecular formula is C15H22N4O. The van der Waals surface area contributed by atoms with Crippen LogP contribution in [0.2, 0.25) is 0 Å². The first kappa shape index (κ1) is 14.5. The normalized spacial score (nSPS) is 12.7. The standard InChI is InChI=1S/C15H22N4O/c1-4-19(10-12-8-6-5-7-9-12)15-17-14(20-18-15)13(16)11(2)3/h5-9,11,13H,4,10,16H2,1-3H3/t13-/m0/s1. The minimum atomic E-state index is -0.216. The van der Waals surface area contributed by atoms with Crippen LogP contribution in [-0.4, -0.2) is 16.7 Å². The molecule has 1 atom stereocenters. The highest BCUT2D eigenvalue weighted by molar-refractivity contribution is 5.31. The molecule has 108 valence electrons. The number of hydrogen-bond acceptors (Lipinski definition) is 5. The third-order valence-corrected chi connectivity index (χ3v) is 3.32. The van der Waals surface area contributed by atoms with Crippen LogP contribution in [0.1, 0.15) is 38.3 Å². The van der Waals surface area contributed by atoms with Crippen LogP contribution in [0.3, 0.4) is 0 Å². The fourth-order valence-electron chi connectivity index (χ4n) is 1.90.